The monoisotopic (exact) mass is 207 g/mol. The normalized spacial score (nSPS) is 12.9. The zero-order valence-corrected chi connectivity index (χ0v) is 9.86. The lowest BCUT2D eigenvalue weighted by atomic mass is 9.98. The SMILES string of the molecule is COc1ccc(CC(N)CC(C)C)cc1. The fourth-order valence-corrected chi connectivity index (χ4v) is 1.75. The molecule has 0 aliphatic carbocycles. The molecule has 1 unspecified atom stereocenters. The van der Waals surface area contributed by atoms with Crippen LogP contribution in [0.2, 0.25) is 0 Å². The lowest BCUT2D eigenvalue weighted by molar-refractivity contribution is 0.414. The third kappa shape index (κ3) is 4.34. The Kier molecular flexibility index (Phi) is 4.63. The molecule has 0 heterocycles. The molecule has 0 spiro atoms. The Hall–Kier alpha value is -1.02. The van der Waals surface area contributed by atoms with E-state index in [0.717, 1.165) is 18.6 Å². The van der Waals surface area contributed by atoms with E-state index in [1.807, 2.05) is 12.1 Å². The molecule has 15 heavy (non-hydrogen) atoms. The molecule has 1 aromatic rings. The van der Waals surface area contributed by atoms with E-state index < -0.39 is 0 Å². The number of ether oxygens (including phenoxy) is 1. The Balaban J connectivity index is 2.49. The first-order valence-electron chi connectivity index (χ1n) is 5.50. The van der Waals surface area contributed by atoms with Crippen molar-refractivity contribution in [3.05, 3.63) is 29.8 Å². The Labute approximate surface area is 92.4 Å². The molecule has 0 bridgehead atoms. The van der Waals surface area contributed by atoms with Gasteiger partial charge in [-0.2, -0.15) is 0 Å². The zero-order valence-electron chi connectivity index (χ0n) is 9.86. The van der Waals surface area contributed by atoms with Crippen LogP contribution in [0.4, 0.5) is 0 Å². The van der Waals surface area contributed by atoms with Gasteiger partial charge in [0.2, 0.25) is 0 Å². The predicted octanol–water partition coefficient (Wildman–Crippen LogP) is 2.61. The molecule has 2 nitrogen and oxygen atoms in total. The fourth-order valence-electron chi connectivity index (χ4n) is 1.75. The summed E-state index contributed by atoms with van der Waals surface area (Å²) in [5.41, 5.74) is 7.33. The molecular weight excluding hydrogens is 186 g/mol. The summed E-state index contributed by atoms with van der Waals surface area (Å²) in [7, 11) is 1.68. The van der Waals surface area contributed by atoms with E-state index in [1.165, 1.54) is 5.56 Å². The lowest BCUT2D eigenvalue weighted by Crippen LogP contribution is -2.24. The van der Waals surface area contributed by atoms with Crippen molar-refractivity contribution < 1.29 is 4.74 Å². The Morgan fingerprint density at radius 1 is 1.20 bits per heavy atom. The summed E-state index contributed by atoms with van der Waals surface area (Å²) in [6.45, 7) is 4.40. The standard InChI is InChI=1S/C13H21NO/c1-10(2)8-12(14)9-11-4-6-13(15-3)7-5-11/h4-7,10,12H,8-9,14H2,1-3H3. The Bertz CT molecular complexity index is 279. The number of nitrogens with two attached hydrogens (primary N) is 1. The summed E-state index contributed by atoms with van der Waals surface area (Å²) in [5, 5.41) is 0. The molecule has 0 aliphatic heterocycles. The quantitative estimate of drug-likeness (QED) is 0.805. The van der Waals surface area contributed by atoms with Crippen LogP contribution < -0.4 is 10.5 Å². The molecule has 0 saturated heterocycles. The van der Waals surface area contributed by atoms with Crippen LogP contribution in [-0.2, 0) is 6.42 Å². The van der Waals surface area contributed by atoms with E-state index in [4.69, 9.17) is 10.5 Å². The van der Waals surface area contributed by atoms with E-state index >= 15 is 0 Å². The molecule has 0 saturated carbocycles. The van der Waals surface area contributed by atoms with Crippen molar-refractivity contribution in [1.82, 2.24) is 0 Å². The summed E-state index contributed by atoms with van der Waals surface area (Å²) in [5.74, 6) is 1.56. The van der Waals surface area contributed by atoms with E-state index in [2.05, 4.69) is 26.0 Å². The molecule has 1 aromatic carbocycles. The largest absolute Gasteiger partial charge is 0.497 e. The average molecular weight is 207 g/mol. The van der Waals surface area contributed by atoms with Crippen LogP contribution in [0.15, 0.2) is 24.3 Å². The minimum atomic E-state index is 0.262. The summed E-state index contributed by atoms with van der Waals surface area (Å²) in [4.78, 5) is 0. The van der Waals surface area contributed by atoms with E-state index in [-0.39, 0.29) is 6.04 Å². The predicted molar refractivity (Wildman–Crippen MR) is 64.1 cm³/mol. The van der Waals surface area contributed by atoms with E-state index in [9.17, 15) is 0 Å². The van der Waals surface area contributed by atoms with Gasteiger partial charge in [-0.15, -0.1) is 0 Å². The van der Waals surface area contributed by atoms with Crippen molar-refractivity contribution in [3.8, 4) is 5.75 Å². The summed E-state index contributed by atoms with van der Waals surface area (Å²) >= 11 is 0. The van der Waals surface area contributed by atoms with Crippen LogP contribution in [-0.4, -0.2) is 13.2 Å². The minimum Gasteiger partial charge on any atom is -0.497 e. The fraction of sp³-hybridized carbons (Fsp3) is 0.538. The number of hydrogen-bond donors (Lipinski definition) is 1. The van der Waals surface area contributed by atoms with Gasteiger partial charge in [-0.1, -0.05) is 26.0 Å². The molecule has 2 N–H and O–H groups in total. The molecule has 84 valence electrons. The van der Waals surface area contributed by atoms with Crippen LogP contribution in [0.5, 0.6) is 5.75 Å². The molecule has 0 aliphatic rings. The van der Waals surface area contributed by atoms with Crippen molar-refractivity contribution in [2.24, 2.45) is 11.7 Å². The maximum atomic E-state index is 6.05. The van der Waals surface area contributed by atoms with Gasteiger partial charge in [-0.25, -0.2) is 0 Å². The number of methoxy groups -OCH3 is 1. The van der Waals surface area contributed by atoms with E-state index in [1.54, 1.807) is 7.11 Å². The van der Waals surface area contributed by atoms with Gasteiger partial charge in [-0.05, 0) is 36.5 Å². The third-order valence-electron chi connectivity index (χ3n) is 2.43. The first-order chi connectivity index (χ1) is 7.11. The van der Waals surface area contributed by atoms with Crippen molar-refractivity contribution in [2.45, 2.75) is 32.7 Å². The second kappa shape index (κ2) is 5.76. The highest BCUT2D eigenvalue weighted by Crippen LogP contribution is 2.14. The first kappa shape index (κ1) is 12.1. The highest BCUT2D eigenvalue weighted by atomic mass is 16.5. The smallest absolute Gasteiger partial charge is 0.118 e. The van der Waals surface area contributed by atoms with Crippen molar-refractivity contribution in [1.29, 1.82) is 0 Å². The minimum absolute atomic E-state index is 0.262. The second-order valence-corrected chi connectivity index (χ2v) is 4.44. The maximum Gasteiger partial charge on any atom is 0.118 e. The van der Waals surface area contributed by atoms with Crippen molar-refractivity contribution in [3.63, 3.8) is 0 Å². The topological polar surface area (TPSA) is 35.2 Å². The Morgan fingerprint density at radius 3 is 2.27 bits per heavy atom. The van der Waals surface area contributed by atoms with Crippen LogP contribution in [0.3, 0.4) is 0 Å². The van der Waals surface area contributed by atoms with Gasteiger partial charge in [-0.3, -0.25) is 0 Å². The average Bonchev–Trinajstić information content (AvgIpc) is 2.17. The van der Waals surface area contributed by atoms with Crippen LogP contribution >= 0.6 is 0 Å². The van der Waals surface area contributed by atoms with Crippen LogP contribution in [0.25, 0.3) is 0 Å². The van der Waals surface area contributed by atoms with Gasteiger partial charge < -0.3 is 10.5 Å². The highest BCUT2D eigenvalue weighted by molar-refractivity contribution is 5.27. The summed E-state index contributed by atoms with van der Waals surface area (Å²) in [6.07, 6.45) is 2.02. The summed E-state index contributed by atoms with van der Waals surface area (Å²) in [6, 6.07) is 8.39. The van der Waals surface area contributed by atoms with Gasteiger partial charge in [0.1, 0.15) is 5.75 Å². The molecule has 0 aromatic heterocycles. The molecule has 0 amide bonds. The van der Waals surface area contributed by atoms with Crippen molar-refractivity contribution >= 4 is 0 Å². The van der Waals surface area contributed by atoms with Gasteiger partial charge in [0.05, 0.1) is 7.11 Å². The number of hydrogen-bond acceptors (Lipinski definition) is 2. The zero-order chi connectivity index (χ0) is 11.3. The van der Waals surface area contributed by atoms with Crippen LogP contribution in [0.1, 0.15) is 25.8 Å². The highest BCUT2D eigenvalue weighted by Gasteiger charge is 2.06. The molecule has 2 heteroatoms. The van der Waals surface area contributed by atoms with Gasteiger partial charge in [0, 0.05) is 6.04 Å². The summed E-state index contributed by atoms with van der Waals surface area (Å²) < 4.78 is 5.11. The molecule has 1 rings (SSSR count). The number of benzene rings is 1. The number of rotatable bonds is 5. The lowest BCUT2D eigenvalue weighted by Gasteiger charge is -2.14. The Morgan fingerprint density at radius 2 is 1.80 bits per heavy atom. The molecular formula is C13H21NO. The molecule has 0 fully saturated rings. The maximum absolute atomic E-state index is 6.05. The molecule has 0 radical (unpaired) electrons. The van der Waals surface area contributed by atoms with Crippen LogP contribution in [0, 0.1) is 5.92 Å². The van der Waals surface area contributed by atoms with Gasteiger partial charge >= 0.3 is 0 Å². The third-order valence-corrected chi connectivity index (χ3v) is 2.43. The second-order valence-electron chi connectivity index (χ2n) is 4.44. The van der Waals surface area contributed by atoms with Crippen molar-refractivity contribution in [2.75, 3.05) is 7.11 Å². The van der Waals surface area contributed by atoms with Gasteiger partial charge in [0.25, 0.3) is 0 Å². The molecule has 1 atom stereocenters. The van der Waals surface area contributed by atoms with E-state index in [0.29, 0.717) is 5.92 Å². The van der Waals surface area contributed by atoms with Gasteiger partial charge in [0.15, 0.2) is 0 Å². The first-order valence-corrected chi connectivity index (χ1v) is 5.50.